The van der Waals surface area contributed by atoms with Crippen molar-refractivity contribution in [2.75, 3.05) is 52.0 Å². The van der Waals surface area contributed by atoms with Crippen molar-refractivity contribution in [2.24, 2.45) is 10.8 Å². The highest BCUT2D eigenvalue weighted by molar-refractivity contribution is 6.09. The third-order valence-electron chi connectivity index (χ3n) is 11.4. The van der Waals surface area contributed by atoms with E-state index in [4.69, 9.17) is 23.7 Å². The molecule has 6 nitrogen and oxygen atoms in total. The summed E-state index contributed by atoms with van der Waals surface area (Å²) in [6.07, 6.45) is 5.81. The summed E-state index contributed by atoms with van der Waals surface area (Å²) in [5, 5.41) is 2.08. The molecule has 1 atom stereocenters. The van der Waals surface area contributed by atoms with Crippen molar-refractivity contribution in [2.45, 2.75) is 79.8 Å². The number of ether oxygens (including phenoxy) is 5. The summed E-state index contributed by atoms with van der Waals surface area (Å²) in [6.45, 7) is 24.2. The summed E-state index contributed by atoms with van der Waals surface area (Å²) in [5.74, 6) is 3.04. The fourth-order valence-corrected chi connectivity index (χ4v) is 9.53. The maximum Gasteiger partial charge on any atom is 0.178 e. The molecule has 2 aliphatic heterocycles. The van der Waals surface area contributed by atoms with Gasteiger partial charge in [-0.15, -0.1) is 0 Å². The van der Waals surface area contributed by atoms with Gasteiger partial charge in [-0.25, -0.2) is 0 Å². The van der Waals surface area contributed by atoms with Gasteiger partial charge in [-0.2, -0.15) is 0 Å². The highest BCUT2D eigenvalue weighted by Crippen LogP contribution is 2.59. The molecule has 300 valence electrons. The van der Waals surface area contributed by atoms with Gasteiger partial charge in [0, 0.05) is 46.3 Å². The Labute approximate surface area is 340 Å². The molecule has 0 aromatic heterocycles. The van der Waals surface area contributed by atoms with Gasteiger partial charge in [0.05, 0.1) is 34.0 Å². The van der Waals surface area contributed by atoms with Gasteiger partial charge in [0.15, 0.2) is 17.1 Å². The lowest BCUT2D eigenvalue weighted by Crippen LogP contribution is -2.37. The second-order valence-corrected chi connectivity index (χ2v) is 18.5. The molecule has 1 saturated heterocycles. The van der Waals surface area contributed by atoms with Crippen LogP contribution in [0.1, 0.15) is 96.6 Å². The Balaban J connectivity index is 0.000000494. The average Bonchev–Trinajstić information content (AvgIpc) is 3.43. The highest BCUT2D eigenvalue weighted by Gasteiger charge is 2.44. The monoisotopic (exact) mass is 767 g/mol. The van der Waals surface area contributed by atoms with Gasteiger partial charge in [-0.3, -0.25) is 0 Å². The van der Waals surface area contributed by atoms with Crippen molar-refractivity contribution in [3.63, 3.8) is 0 Å². The van der Waals surface area contributed by atoms with Gasteiger partial charge >= 0.3 is 0 Å². The average molecular weight is 768 g/mol. The number of methoxy groups -OCH3 is 2. The van der Waals surface area contributed by atoms with Crippen LogP contribution < -0.4 is 23.8 Å². The van der Waals surface area contributed by atoms with Crippen LogP contribution in [-0.2, 0) is 15.8 Å². The second-order valence-electron chi connectivity index (χ2n) is 18.5. The van der Waals surface area contributed by atoms with Crippen molar-refractivity contribution >= 4 is 22.5 Å². The van der Waals surface area contributed by atoms with E-state index in [1.165, 1.54) is 34.4 Å². The Morgan fingerprint density at radius 1 is 0.737 bits per heavy atom. The van der Waals surface area contributed by atoms with Gasteiger partial charge in [-0.05, 0) is 94.3 Å². The molecule has 0 amide bonds. The van der Waals surface area contributed by atoms with E-state index in [-0.39, 0.29) is 5.41 Å². The number of fused-ring (bicyclic) bond motifs is 8. The number of rotatable bonds is 7. The number of anilines is 1. The summed E-state index contributed by atoms with van der Waals surface area (Å²) in [5.41, 5.74) is 9.21. The van der Waals surface area contributed by atoms with Crippen LogP contribution in [0.15, 0.2) is 91.0 Å². The second kappa shape index (κ2) is 15.4. The van der Waals surface area contributed by atoms with Crippen LogP contribution in [0.4, 0.5) is 5.69 Å². The maximum absolute atomic E-state index is 7.52. The normalized spacial score (nSPS) is 18.1. The van der Waals surface area contributed by atoms with Crippen LogP contribution in [0.3, 0.4) is 0 Å². The first-order chi connectivity index (χ1) is 27.1. The quantitative estimate of drug-likeness (QED) is 0.164. The molecule has 2 heterocycles. The molecule has 8 rings (SSSR count). The molecule has 57 heavy (non-hydrogen) atoms. The lowest BCUT2D eigenvalue weighted by Gasteiger charge is -2.39. The van der Waals surface area contributed by atoms with Gasteiger partial charge in [-0.1, -0.05) is 110 Å². The Bertz CT molecular complexity index is 2240. The minimum Gasteiger partial charge on any atom is -0.497 e. The summed E-state index contributed by atoms with van der Waals surface area (Å²) in [4.78, 5) is 2.37. The molecular formula is C51H61NO5. The number of nitrogens with zero attached hydrogens (tertiary/aromatic N) is 1. The zero-order valence-electron chi connectivity index (χ0n) is 36.0. The van der Waals surface area contributed by atoms with E-state index in [1.807, 2.05) is 19.1 Å². The third kappa shape index (κ3) is 7.73. The lowest BCUT2D eigenvalue weighted by atomic mass is 9.76. The van der Waals surface area contributed by atoms with Crippen LogP contribution in [0, 0.1) is 10.8 Å². The first-order valence-electron chi connectivity index (χ1n) is 20.5. The third-order valence-corrected chi connectivity index (χ3v) is 11.4. The fourth-order valence-electron chi connectivity index (χ4n) is 9.53. The maximum atomic E-state index is 7.52. The van der Waals surface area contributed by atoms with Crippen molar-refractivity contribution in [1.82, 2.24) is 0 Å². The minimum atomic E-state index is -0.897. The molecule has 1 fully saturated rings. The Morgan fingerprint density at radius 3 is 1.93 bits per heavy atom. The summed E-state index contributed by atoms with van der Waals surface area (Å²) >= 11 is 0. The minimum absolute atomic E-state index is 0.247. The van der Waals surface area contributed by atoms with Crippen LogP contribution in [-0.4, -0.2) is 47.1 Å². The van der Waals surface area contributed by atoms with E-state index in [0.717, 1.165) is 71.0 Å². The molecule has 0 radical (unpaired) electrons. The standard InChI is InChI=1S/C42H41NO5.C9H20/c1-6-47-37-25-33-34(26-36(37)45-5)40-32(39-38(33)31-9-7-8-10-35(31)41(39,2)3)19-20-42(48-40,28-13-17-30(44-4)18-14-28)27-11-15-29(16-12-27)43-21-23-46-24-22-43;1-8(2,3)7-9(4,5)6/h7-20,25-26H,6,21-24H2,1-5H3;7H2,1-6H3. The van der Waals surface area contributed by atoms with E-state index < -0.39 is 5.60 Å². The molecule has 3 aliphatic rings. The van der Waals surface area contributed by atoms with E-state index >= 15 is 0 Å². The molecule has 0 saturated carbocycles. The van der Waals surface area contributed by atoms with Gasteiger partial charge in [0.2, 0.25) is 0 Å². The smallest absolute Gasteiger partial charge is 0.178 e. The topological polar surface area (TPSA) is 49.4 Å². The molecule has 5 aromatic rings. The predicted molar refractivity (Wildman–Crippen MR) is 236 cm³/mol. The van der Waals surface area contributed by atoms with E-state index in [0.29, 0.717) is 23.2 Å². The number of benzene rings is 5. The molecule has 6 heteroatoms. The first-order valence-corrected chi connectivity index (χ1v) is 20.5. The van der Waals surface area contributed by atoms with Gasteiger partial charge < -0.3 is 28.6 Å². The molecule has 1 aliphatic carbocycles. The molecule has 0 N–H and O–H groups in total. The summed E-state index contributed by atoms with van der Waals surface area (Å²) in [7, 11) is 3.39. The first kappa shape index (κ1) is 40.3. The van der Waals surface area contributed by atoms with E-state index in [1.54, 1.807) is 14.2 Å². The molecule has 0 bridgehead atoms. The number of hydrogen-bond acceptors (Lipinski definition) is 6. The molecule has 1 unspecified atom stereocenters. The van der Waals surface area contributed by atoms with Crippen molar-refractivity contribution in [3.05, 3.63) is 119 Å². The van der Waals surface area contributed by atoms with Crippen molar-refractivity contribution in [3.8, 4) is 34.1 Å². The van der Waals surface area contributed by atoms with Crippen molar-refractivity contribution < 1.29 is 23.7 Å². The molecule has 0 spiro atoms. The van der Waals surface area contributed by atoms with Crippen LogP contribution in [0.2, 0.25) is 0 Å². The van der Waals surface area contributed by atoms with Crippen LogP contribution in [0.25, 0.3) is 28.0 Å². The lowest BCUT2D eigenvalue weighted by molar-refractivity contribution is 0.122. The highest BCUT2D eigenvalue weighted by atomic mass is 16.5. The summed E-state index contributed by atoms with van der Waals surface area (Å²) in [6, 6.07) is 30.0. The van der Waals surface area contributed by atoms with Crippen LogP contribution in [0.5, 0.6) is 23.0 Å². The zero-order chi connectivity index (χ0) is 40.8. The number of morpholine rings is 1. The Kier molecular flexibility index (Phi) is 10.9. The van der Waals surface area contributed by atoms with Crippen molar-refractivity contribution in [1.29, 1.82) is 0 Å². The number of hydrogen-bond donors (Lipinski definition) is 0. The Hall–Kier alpha value is -4.94. The molecule has 5 aromatic carbocycles. The largest absolute Gasteiger partial charge is 0.497 e. The van der Waals surface area contributed by atoms with Crippen LogP contribution >= 0.6 is 0 Å². The summed E-state index contributed by atoms with van der Waals surface area (Å²) < 4.78 is 30.7. The predicted octanol–water partition coefficient (Wildman–Crippen LogP) is 12.2. The van der Waals surface area contributed by atoms with E-state index in [9.17, 15) is 0 Å². The molecular weight excluding hydrogens is 707 g/mol. The van der Waals surface area contributed by atoms with Gasteiger partial charge in [0.1, 0.15) is 11.5 Å². The van der Waals surface area contributed by atoms with E-state index in [2.05, 4.69) is 145 Å². The fraction of sp³-hybridized carbons (Fsp3) is 0.412. The van der Waals surface area contributed by atoms with Gasteiger partial charge in [0.25, 0.3) is 0 Å². The zero-order valence-corrected chi connectivity index (χ0v) is 36.0. The Morgan fingerprint density at radius 2 is 1.35 bits per heavy atom. The SMILES string of the molecule is CC(C)(C)CC(C)(C)C.CCOc1cc2c3c(c4c(c2cc1OC)OC(c1ccc(OC)cc1)(c1ccc(N2CCOCC2)cc1)C=C4)C(C)(C)c1ccccc1-3.